The molecule has 0 unspecified atom stereocenters. The van der Waals surface area contributed by atoms with Crippen molar-refractivity contribution in [1.82, 2.24) is 9.97 Å². The summed E-state index contributed by atoms with van der Waals surface area (Å²) in [5, 5.41) is 5.25. The van der Waals surface area contributed by atoms with E-state index in [1.165, 1.54) is 0 Å². The van der Waals surface area contributed by atoms with Gasteiger partial charge < -0.3 is 10.3 Å². The first-order valence-corrected chi connectivity index (χ1v) is 8.18. The molecule has 0 radical (unpaired) electrons. The van der Waals surface area contributed by atoms with Crippen LogP contribution < -0.4 is 10.9 Å². The Morgan fingerprint density at radius 3 is 2.48 bits per heavy atom. The molecule has 0 saturated heterocycles. The van der Waals surface area contributed by atoms with Gasteiger partial charge in [-0.15, -0.1) is 0 Å². The Kier molecular flexibility index (Phi) is 3.96. The number of hydrogen-bond donors (Lipinski definition) is 2. The summed E-state index contributed by atoms with van der Waals surface area (Å²) in [6, 6.07) is 19.0. The lowest BCUT2D eigenvalue weighted by Gasteiger charge is -2.12. The summed E-state index contributed by atoms with van der Waals surface area (Å²) in [6.45, 7) is 0. The van der Waals surface area contributed by atoms with Crippen LogP contribution in [0.1, 0.15) is 0 Å². The van der Waals surface area contributed by atoms with Crippen LogP contribution in [0.3, 0.4) is 0 Å². The number of nitrogens with zero attached hydrogens (tertiary/aromatic N) is 1. The fraction of sp³-hybridized carbons (Fsp3) is 0. The third-order valence-corrected chi connectivity index (χ3v) is 4.25. The van der Waals surface area contributed by atoms with E-state index in [9.17, 15) is 4.79 Å². The van der Waals surface area contributed by atoms with Crippen molar-refractivity contribution in [1.29, 1.82) is 0 Å². The van der Waals surface area contributed by atoms with Crippen LogP contribution in [0.2, 0.25) is 5.02 Å². The minimum Gasteiger partial charge on any atom is -0.340 e. The first-order valence-electron chi connectivity index (χ1n) is 7.81. The monoisotopic (exact) mass is 347 g/mol. The van der Waals surface area contributed by atoms with Gasteiger partial charge in [0, 0.05) is 34.1 Å². The highest BCUT2D eigenvalue weighted by Crippen LogP contribution is 2.31. The van der Waals surface area contributed by atoms with Crippen molar-refractivity contribution >= 4 is 33.9 Å². The smallest absolute Gasteiger partial charge is 0.259 e. The standard InChI is InChI=1S/C20H14ClN3O/c21-14-8-6-13(7-9-14)17-12-23-19(24-15-4-2-1-3-5-15)18-16(17)10-11-22-20(18)25/h1-12H,(H,22,25)(H,23,24). The molecule has 2 aromatic carbocycles. The topological polar surface area (TPSA) is 57.8 Å². The number of aromatic nitrogens is 2. The normalized spacial score (nSPS) is 10.8. The highest BCUT2D eigenvalue weighted by atomic mass is 35.5. The predicted octanol–water partition coefficient (Wildman–Crippen LogP) is 4.99. The Morgan fingerprint density at radius 1 is 0.960 bits per heavy atom. The maximum atomic E-state index is 12.5. The van der Waals surface area contributed by atoms with Gasteiger partial charge in [0.25, 0.3) is 5.56 Å². The average Bonchev–Trinajstić information content (AvgIpc) is 2.64. The molecule has 5 heteroatoms. The van der Waals surface area contributed by atoms with E-state index >= 15 is 0 Å². The molecule has 0 aliphatic carbocycles. The molecule has 2 heterocycles. The molecule has 0 atom stereocenters. The van der Waals surface area contributed by atoms with E-state index < -0.39 is 0 Å². The van der Waals surface area contributed by atoms with Gasteiger partial charge in [-0.1, -0.05) is 41.9 Å². The number of aromatic amines is 1. The first-order chi connectivity index (χ1) is 12.2. The number of H-pyrrole nitrogens is 1. The highest BCUT2D eigenvalue weighted by molar-refractivity contribution is 6.30. The summed E-state index contributed by atoms with van der Waals surface area (Å²) in [4.78, 5) is 19.7. The maximum absolute atomic E-state index is 12.5. The van der Waals surface area contributed by atoms with Crippen LogP contribution in [-0.2, 0) is 0 Å². The molecule has 2 N–H and O–H groups in total. The Labute approximate surface area is 149 Å². The molecule has 4 aromatic rings. The number of fused-ring (bicyclic) bond motifs is 1. The second-order valence-corrected chi connectivity index (χ2v) is 6.05. The van der Waals surface area contributed by atoms with Crippen molar-refractivity contribution < 1.29 is 0 Å². The van der Waals surface area contributed by atoms with Crippen molar-refractivity contribution in [2.24, 2.45) is 0 Å². The van der Waals surface area contributed by atoms with Gasteiger partial charge in [0.1, 0.15) is 5.82 Å². The SMILES string of the molecule is O=c1[nH]ccc2c(-c3ccc(Cl)cc3)cnc(Nc3ccccc3)c12. The molecule has 4 rings (SSSR count). The summed E-state index contributed by atoms with van der Waals surface area (Å²) in [6.07, 6.45) is 3.42. The maximum Gasteiger partial charge on any atom is 0.259 e. The third kappa shape index (κ3) is 2.99. The van der Waals surface area contributed by atoms with Crippen LogP contribution in [0.15, 0.2) is 77.9 Å². The number of halogens is 1. The lowest BCUT2D eigenvalue weighted by Crippen LogP contribution is -2.09. The number of pyridine rings is 2. The quantitative estimate of drug-likeness (QED) is 0.549. The second kappa shape index (κ2) is 6.42. The number of para-hydroxylation sites is 1. The van der Waals surface area contributed by atoms with Crippen LogP contribution in [0.4, 0.5) is 11.5 Å². The Hall–Kier alpha value is -3.11. The van der Waals surface area contributed by atoms with Crippen molar-refractivity contribution in [3.05, 3.63) is 88.4 Å². The second-order valence-electron chi connectivity index (χ2n) is 5.61. The van der Waals surface area contributed by atoms with E-state index in [1.807, 2.05) is 60.7 Å². The lowest BCUT2D eigenvalue weighted by molar-refractivity contribution is 1.25. The molecule has 0 amide bonds. The predicted molar refractivity (Wildman–Crippen MR) is 103 cm³/mol. The van der Waals surface area contributed by atoms with Crippen molar-refractivity contribution in [3.8, 4) is 11.1 Å². The molecule has 0 saturated carbocycles. The first kappa shape index (κ1) is 15.4. The zero-order chi connectivity index (χ0) is 17.2. The van der Waals surface area contributed by atoms with Crippen LogP contribution in [0.25, 0.3) is 21.9 Å². The summed E-state index contributed by atoms with van der Waals surface area (Å²) in [5.41, 5.74) is 2.54. The molecule has 25 heavy (non-hydrogen) atoms. The van der Waals surface area contributed by atoms with E-state index in [2.05, 4.69) is 15.3 Å². The summed E-state index contributed by atoms with van der Waals surface area (Å²) in [5.74, 6) is 0.528. The lowest BCUT2D eigenvalue weighted by atomic mass is 10.0. The Morgan fingerprint density at radius 2 is 1.72 bits per heavy atom. The number of rotatable bonds is 3. The molecule has 2 aromatic heterocycles. The molecular formula is C20H14ClN3O. The third-order valence-electron chi connectivity index (χ3n) is 4.00. The van der Waals surface area contributed by atoms with Crippen molar-refractivity contribution in [2.45, 2.75) is 0 Å². The molecule has 0 aliphatic rings. The average molecular weight is 348 g/mol. The Bertz CT molecular complexity index is 1090. The summed E-state index contributed by atoms with van der Waals surface area (Å²) in [7, 11) is 0. The zero-order valence-electron chi connectivity index (χ0n) is 13.2. The number of benzene rings is 2. The fourth-order valence-electron chi connectivity index (χ4n) is 2.81. The number of nitrogens with one attached hydrogen (secondary N) is 2. The van der Waals surface area contributed by atoms with Gasteiger partial charge in [-0.2, -0.15) is 0 Å². The molecule has 0 aliphatic heterocycles. The van der Waals surface area contributed by atoms with Gasteiger partial charge in [0.2, 0.25) is 0 Å². The Balaban J connectivity index is 1.91. The summed E-state index contributed by atoms with van der Waals surface area (Å²) < 4.78 is 0. The van der Waals surface area contributed by atoms with Crippen LogP contribution in [0, 0.1) is 0 Å². The molecule has 0 bridgehead atoms. The van der Waals surface area contributed by atoms with Gasteiger partial charge in [-0.25, -0.2) is 4.98 Å². The summed E-state index contributed by atoms with van der Waals surface area (Å²) >= 11 is 5.98. The molecule has 0 spiro atoms. The van der Waals surface area contributed by atoms with Gasteiger partial charge in [0.15, 0.2) is 0 Å². The number of anilines is 2. The van der Waals surface area contributed by atoms with E-state index in [1.54, 1.807) is 12.4 Å². The van der Waals surface area contributed by atoms with Gasteiger partial charge in [0.05, 0.1) is 5.39 Å². The minimum atomic E-state index is -0.181. The molecule has 4 nitrogen and oxygen atoms in total. The van der Waals surface area contributed by atoms with E-state index in [0.29, 0.717) is 16.2 Å². The highest BCUT2D eigenvalue weighted by Gasteiger charge is 2.12. The van der Waals surface area contributed by atoms with Crippen LogP contribution >= 0.6 is 11.6 Å². The molecule has 122 valence electrons. The van der Waals surface area contributed by atoms with Crippen LogP contribution in [-0.4, -0.2) is 9.97 Å². The minimum absolute atomic E-state index is 0.181. The van der Waals surface area contributed by atoms with Gasteiger partial charge >= 0.3 is 0 Å². The largest absolute Gasteiger partial charge is 0.340 e. The zero-order valence-corrected chi connectivity index (χ0v) is 13.9. The van der Waals surface area contributed by atoms with Crippen molar-refractivity contribution in [3.63, 3.8) is 0 Å². The molecular weight excluding hydrogens is 334 g/mol. The fourth-order valence-corrected chi connectivity index (χ4v) is 2.94. The van der Waals surface area contributed by atoms with Gasteiger partial charge in [-0.05, 0) is 35.9 Å². The van der Waals surface area contributed by atoms with Gasteiger partial charge in [-0.3, -0.25) is 4.79 Å². The van der Waals surface area contributed by atoms with Crippen LogP contribution in [0.5, 0.6) is 0 Å². The van der Waals surface area contributed by atoms with Crippen molar-refractivity contribution in [2.75, 3.05) is 5.32 Å². The van der Waals surface area contributed by atoms with E-state index in [4.69, 9.17) is 11.6 Å². The van der Waals surface area contributed by atoms with E-state index in [-0.39, 0.29) is 5.56 Å². The molecule has 0 fully saturated rings. The van der Waals surface area contributed by atoms with E-state index in [0.717, 1.165) is 22.2 Å². The number of hydrogen-bond acceptors (Lipinski definition) is 3.